The van der Waals surface area contributed by atoms with E-state index in [1.807, 2.05) is 15.7 Å². The third-order valence-electron chi connectivity index (χ3n) is 4.58. The minimum Gasteiger partial charge on any atom is -0.334 e. The Morgan fingerprint density at radius 1 is 1.33 bits per heavy atom. The molecule has 0 aliphatic carbocycles. The summed E-state index contributed by atoms with van der Waals surface area (Å²) in [6, 6.07) is 6.47. The number of likely N-dealkylation sites (tertiary alicyclic amines) is 1. The van der Waals surface area contributed by atoms with Crippen molar-refractivity contribution in [2.45, 2.75) is 43.8 Å². The fraction of sp³-hybridized carbons (Fsp3) is 0.444. The maximum atomic E-state index is 13.3. The SMILES string of the molecule is CCC1CCCCN1C(=O)c1cnc(SC)n1-c1ccc(F)cc1. The molecule has 24 heavy (non-hydrogen) atoms. The summed E-state index contributed by atoms with van der Waals surface area (Å²) in [5, 5.41) is 0.731. The van der Waals surface area contributed by atoms with Crippen LogP contribution in [0.2, 0.25) is 0 Å². The normalized spacial score (nSPS) is 18.0. The zero-order valence-electron chi connectivity index (χ0n) is 14.0. The molecule has 1 saturated heterocycles. The van der Waals surface area contributed by atoms with E-state index in [0.717, 1.165) is 36.7 Å². The maximum Gasteiger partial charge on any atom is 0.272 e. The van der Waals surface area contributed by atoms with Gasteiger partial charge >= 0.3 is 0 Å². The predicted octanol–water partition coefficient (Wildman–Crippen LogP) is 4.14. The molecule has 1 aromatic carbocycles. The molecule has 1 aromatic heterocycles. The minimum absolute atomic E-state index is 0.0127. The summed E-state index contributed by atoms with van der Waals surface area (Å²) in [7, 11) is 0. The molecule has 6 heteroatoms. The fourth-order valence-electron chi connectivity index (χ4n) is 3.31. The highest BCUT2D eigenvalue weighted by atomic mass is 32.2. The number of imidazole rings is 1. The van der Waals surface area contributed by atoms with E-state index in [0.29, 0.717) is 11.7 Å². The van der Waals surface area contributed by atoms with Crippen LogP contribution < -0.4 is 0 Å². The van der Waals surface area contributed by atoms with E-state index < -0.39 is 0 Å². The second-order valence-corrected chi connectivity index (χ2v) is 6.77. The lowest BCUT2D eigenvalue weighted by atomic mass is 9.99. The monoisotopic (exact) mass is 347 g/mol. The third-order valence-corrected chi connectivity index (χ3v) is 5.23. The molecule has 4 nitrogen and oxygen atoms in total. The highest BCUT2D eigenvalue weighted by Gasteiger charge is 2.29. The number of carbonyl (C=O) groups is 1. The molecule has 1 atom stereocenters. The van der Waals surface area contributed by atoms with Gasteiger partial charge in [0.1, 0.15) is 11.5 Å². The summed E-state index contributed by atoms with van der Waals surface area (Å²) in [5.41, 5.74) is 1.30. The van der Waals surface area contributed by atoms with Crippen LogP contribution in [0.3, 0.4) is 0 Å². The lowest BCUT2D eigenvalue weighted by Gasteiger charge is -2.35. The Balaban J connectivity index is 2.00. The Morgan fingerprint density at radius 2 is 2.08 bits per heavy atom. The maximum absolute atomic E-state index is 13.3. The molecule has 1 aliphatic heterocycles. The van der Waals surface area contributed by atoms with E-state index >= 15 is 0 Å². The largest absolute Gasteiger partial charge is 0.334 e. The van der Waals surface area contributed by atoms with Gasteiger partial charge in [-0.05, 0) is 56.2 Å². The number of hydrogen-bond acceptors (Lipinski definition) is 3. The van der Waals surface area contributed by atoms with E-state index in [-0.39, 0.29) is 11.7 Å². The number of benzene rings is 1. The van der Waals surface area contributed by atoms with Crippen LogP contribution in [0.1, 0.15) is 43.1 Å². The van der Waals surface area contributed by atoms with Gasteiger partial charge in [-0.2, -0.15) is 0 Å². The molecule has 0 radical (unpaired) electrons. The van der Waals surface area contributed by atoms with E-state index in [4.69, 9.17) is 0 Å². The number of rotatable bonds is 4. The molecule has 2 heterocycles. The van der Waals surface area contributed by atoms with Crippen LogP contribution >= 0.6 is 11.8 Å². The highest BCUT2D eigenvalue weighted by Crippen LogP contribution is 2.26. The number of aromatic nitrogens is 2. The average Bonchev–Trinajstić information content (AvgIpc) is 3.05. The highest BCUT2D eigenvalue weighted by molar-refractivity contribution is 7.98. The molecule has 1 amide bonds. The number of nitrogens with zero attached hydrogens (tertiary/aromatic N) is 3. The van der Waals surface area contributed by atoms with E-state index in [1.54, 1.807) is 18.3 Å². The summed E-state index contributed by atoms with van der Waals surface area (Å²) in [4.78, 5) is 19.5. The lowest BCUT2D eigenvalue weighted by molar-refractivity contribution is 0.0599. The van der Waals surface area contributed by atoms with Gasteiger partial charge in [0.15, 0.2) is 5.16 Å². The second kappa shape index (κ2) is 7.38. The van der Waals surface area contributed by atoms with Crippen molar-refractivity contribution in [2.24, 2.45) is 0 Å². The van der Waals surface area contributed by atoms with Gasteiger partial charge in [0.25, 0.3) is 5.91 Å². The quantitative estimate of drug-likeness (QED) is 0.780. The van der Waals surface area contributed by atoms with Crippen LogP contribution in [0.15, 0.2) is 35.6 Å². The first-order chi connectivity index (χ1) is 11.7. The Kier molecular flexibility index (Phi) is 5.23. The van der Waals surface area contributed by atoms with Gasteiger partial charge in [-0.25, -0.2) is 9.37 Å². The number of carbonyl (C=O) groups excluding carboxylic acids is 1. The standard InChI is InChI=1S/C18H22FN3OS/c1-3-14-6-4-5-11-21(14)17(23)16-12-20-18(24-2)22(16)15-9-7-13(19)8-10-15/h7-10,12,14H,3-6,11H2,1-2H3. The summed E-state index contributed by atoms with van der Waals surface area (Å²) in [6.45, 7) is 2.92. The fourth-order valence-corrected chi connectivity index (χ4v) is 3.85. The zero-order chi connectivity index (χ0) is 17.1. The number of piperidine rings is 1. The first-order valence-electron chi connectivity index (χ1n) is 8.34. The van der Waals surface area contributed by atoms with Crippen molar-refractivity contribution in [3.05, 3.63) is 42.0 Å². The van der Waals surface area contributed by atoms with Crippen LogP contribution in [-0.2, 0) is 0 Å². The summed E-state index contributed by atoms with van der Waals surface area (Å²) in [6.07, 6.45) is 7.80. The summed E-state index contributed by atoms with van der Waals surface area (Å²) < 4.78 is 15.1. The molecule has 0 bridgehead atoms. The first kappa shape index (κ1) is 17.0. The van der Waals surface area contributed by atoms with Gasteiger partial charge < -0.3 is 4.90 Å². The molecule has 0 N–H and O–H groups in total. The minimum atomic E-state index is -0.292. The molecule has 0 saturated carbocycles. The van der Waals surface area contributed by atoms with E-state index in [1.165, 1.54) is 30.3 Å². The first-order valence-corrected chi connectivity index (χ1v) is 9.56. The van der Waals surface area contributed by atoms with E-state index in [9.17, 15) is 9.18 Å². The molecular weight excluding hydrogens is 325 g/mol. The van der Waals surface area contributed by atoms with Crippen molar-refractivity contribution >= 4 is 17.7 Å². The van der Waals surface area contributed by atoms with Gasteiger partial charge in [-0.15, -0.1) is 0 Å². The Bertz CT molecular complexity index is 714. The zero-order valence-corrected chi connectivity index (χ0v) is 14.9. The van der Waals surface area contributed by atoms with Gasteiger partial charge in [-0.1, -0.05) is 18.7 Å². The molecule has 3 rings (SSSR count). The molecule has 1 aliphatic rings. The third kappa shape index (κ3) is 3.20. The lowest BCUT2D eigenvalue weighted by Crippen LogP contribution is -2.44. The van der Waals surface area contributed by atoms with Gasteiger partial charge in [-0.3, -0.25) is 9.36 Å². The average molecular weight is 347 g/mol. The van der Waals surface area contributed by atoms with Crippen LogP contribution in [0.25, 0.3) is 5.69 Å². The van der Waals surface area contributed by atoms with Crippen LogP contribution in [0.5, 0.6) is 0 Å². The van der Waals surface area contributed by atoms with Crippen molar-refractivity contribution in [1.29, 1.82) is 0 Å². The number of halogens is 1. The Morgan fingerprint density at radius 3 is 2.75 bits per heavy atom. The Labute approximate surface area is 146 Å². The molecule has 1 fully saturated rings. The summed E-state index contributed by atoms with van der Waals surface area (Å²) in [5.74, 6) is -0.279. The summed E-state index contributed by atoms with van der Waals surface area (Å²) >= 11 is 1.47. The van der Waals surface area contributed by atoms with Crippen molar-refractivity contribution in [3.63, 3.8) is 0 Å². The Hall–Kier alpha value is -1.82. The van der Waals surface area contributed by atoms with Crippen molar-refractivity contribution < 1.29 is 9.18 Å². The molecule has 128 valence electrons. The van der Waals surface area contributed by atoms with Crippen LogP contribution in [0, 0.1) is 5.82 Å². The molecule has 2 aromatic rings. The molecule has 0 spiro atoms. The van der Waals surface area contributed by atoms with Crippen molar-refractivity contribution in [3.8, 4) is 5.69 Å². The topological polar surface area (TPSA) is 38.1 Å². The van der Waals surface area contributed by atoms with Crippen molar-refractivity contribution in [2.75, 3.05) is 12.8 Å². The van der Waals surface area contributed by atoms with Crippen molar-refractivity contribution in [1.82, 2.24) is 14.5 Å². The van der Waals surface area contributed by atoms with Crippen LogP contribution in [0.4, 0.5) is 4.39 Å². The van der Waals surface area contributed by atoms with E-state index in [2.05, 4.69) is 11.9 Å². The smallest absolute Gasteiger partial charge is 0.272 e. The number of amides is 1. The number of hydrogen-bond donors (Lipinski definition) is 0. The number of thioether (sulfide) groups is 1. The van der Waals surface area contributed by atoms with Crippen LogP contribution in [-0.4, -0.2) is 39.2 Å². The van der Waals surface area contributed by atoms with Gasteiger partial charge in [0.05, 0.1) is 6.20 Å². The second-order valence-electron chi connectivity index (χ2n) is 6.00. The molecule has 1 unspecified atom stereocenters. The predicted molar refractivity (Wildman–Crippen MR) is 94.3 cm³/mol. The van der Waals surface area contributed by atoms with Gasteiger partial charge in [0, 0.05) is 18.3 Å². The van der Waals surface area contributed by atoms with Gasteiger partial charge in [0.2, 0.25) is 0 Å². The molecular formula is C18H22FN3OS.